The minimum absolute atomic E-state index is 0.0817. The van der Waals surface area contributed by atoms with Gasteiger partial charge in [-0.05, 0) is 66.4 Å². The molecule has 0 aromatic heterocycles. The van der Waals surface area contributed by atoms with Crippen LogP contribution in [0.15, 0.2) is 66.7 Å². The predicted octanol–water partition coefficient (Wildman–Crippen LogP) is 5.40. The standard InChI is InChI=1S/C22H22N2O3/c1-16-5-3-8-22(17(16)2)23-14-19-6-4-7-21(13-19)27-15-18-9-11-20(12-10-18)24(25)26/h3-13,23H,14-15H2,1-2H3. The van der Waals surface area contributed by atoms with Gasteiger partial charge in [-0.2, -0.15) is 0 Å². The fourth-order valence-corrected chi connectivity index (χ4v) is 2.77. The molecule has 0 bridgehead atoms. The molecule has 5 heteroatoms. The largest absolute Gasteiger partial charge is 0.489 e. The molecule has 0 aliphatic carbocycles. The van der Waals surface area contributed by atoms with Crippen molar-refractivity contribution in [2.24, 2.45) is 0 Å². The molecule has 0 saturated heterocycles. The van der Waals surface area contributed by atoms with E-state index in [0.717, 1.165) is 22.6 Å². The summed E-state index contributed by atoms with van der Waals surface area (Å²) in [5.41, 5.74) is 5.74. The number of rotatable bonds is 7. The van der Waals surface area contributed by atoms with Crippen molar-refractivity contribution in [3.8, 4) is 5.75 Å². The van der Waals surface area contributed by atoms with Crippen LogP contribution in [0.1, 0.15) is 22.3 Å². The number of nitrogens with one attached hydrogen (secondary N) is 1. The highest BCUT2D eigenvalue weighted by Crippen LogP contribution is 2.21. The maximum atomic E-state index is 10.7. The second-order valence-electron chi connectivity index (χ2n) is 6.46. The second kappa shape index (κ2) is 8.36. The summed E-state index contributed by atoms with van der Waals surface area (Å²) in [4.78, 5) is 10.3. The van der Waals surface area contributed by atoms with Gasteiger partial charge in [0.1, 0.15) is 12.4 Å². The third-order valence-electron chi connectivity index (χ3n) is 4.54. The van der Waals surface area contributed by atoms with Gasteiger partial charge >= 0.3 is 0 Å². The van der Waals surface area contributed by atoms with Crippen LogP contribution >= 0.6 is 0 Å². The van der Waals surface area contributed by atoms with Gasteiger partial charge in [0, 0.05) is 24.4 Å². The normalized spacial score (nSPS) is 10.4. The molecule has 0 saturated carbocycles. The lowest BCUT2D eigenvalue weighted by atomic mass is 10.1. The Kier molecular flexibility index (Phi) is 5.71. The fraction of sp³-hybridized carbons (Fsp3) is 0.182. The van der Waals surface area contributed by atoms with E-state index in [-0.39, 0.29) is 5.69 Å². The van der Waals surface area contributed by atoms with E-state index in [9.17, 15) is 10.1 Å². The summed E-state index contributed by atoms with van der Waals surface area (Å²) in [5, 5.41) is 14.2. The molecule has 0 radical (unpaired) electrons. The summed E-state index contributed by atoms with van der Waals surface area (Å²) in [7, 11) is 0. The van der Waals surface area contributed by atoms with Crippen molar-refractivity contribution >= 4 is 11.4 Å². The minimum atomic E-state index is -0.406. The Balaban J connectivity index is 1.60. The summed E-state index contributed by atoms with van der Waals surface area (Å²) in [6, 6.07) is 20.6. The highest BCUT2D eigenvalue weighted by Gasteiger charge is 2.05. The average Bonchev–Trinajstić information content (AvgIpc) is 2.68. The predicted molar refractivity (Wildman–Crippen MR) is 107 cm³/mol. The number of nitrogens with zero attached hydrogens (tertiary/aromatic N) is 1. The summed E-state index contributed by atoms with van der Waals surface area (Å²) < 4.78 is 5.83. The molecule has 3 aromatic rings. The smallest absolute Gasteiger partial charge is 0.269 e. The average molecular weight is 362 g/mol. The SMILES string of the molecule is Cc1cccc(NCc2cccc(OCc3ccc([N+](=O)[O-])cc3)c2)c1C. The van der Waals surface area contributed by atoms with Crippen LogP contribution in [0.25, 0.3) is 0 Å². The molecule has 0 aliphatic rings. The molecule has 5 nitrogen and oxygen atoms in total. The van der Waals surface area contributed by atoms with Gasteiger partial charge in [0.15, 0.2) is 0 Å². The zero-order valence-electron chi connectivity index (χ0n) is 15.4. The zero-order chi connectivity index (χ0) is 19.2. The van der Waals surface area contributed by atoms with E-state index >= 15 is 0 Å². The van der Waals surface area contributed by atoms with Crippen molar-refractivity contribution < 1.29 is 9.66 Å². The van der Waals surface area contributed by atoms with E-state index in [1.807, 2.05) is 24.3 Å². The maximum Gasteiger partial charge on any atom is 0.269 e. The fourth-order valence-electron chi connectivity index (χ4n) is 2.77. The van der Waals surface area contributed by atoms with Crippen molar-refractivity contribution in [3.05, 3.63) is 99.1 Å². The summed E-state index contributed by atoms with van der Waals surface area (Å²) in [6.07, 6.45) is 0. The van der Waals surface area contributed by atoms with Crippen molar-refractivity contribution in [1.82, 2.24) is 0 Å². The molecule has 0 amide bonds. The number of benzene rings is 3. The highest BCUT2D eigenvalue weighted by atomic mass is 16.6. The first-order chi connectivity index (χ1) is 13.0. The van der Waals surface area contributed by atoms with Crippen molar-refractivity contribution in [1.29, 1.82) is 0 Å². The minimum Gasteiger partial charge on any atom is -0.489 e. The molecule has 0 fully saturated rings. The van der Waals surface area contributed by atoms with E-state index < -0.39 is 4.92 Å². The number of hydrogen-bond donors (Lipinski definition) is 1. The molecule has 1 N–H and O–H groups in total. The molecule has 138 valence electrons. The first-order valence-corrected chi connectivity index (χ1v) is 8.78. The van der Waals surface area contributed by atoms with Crippen LogP contribution in [0.3, 0.4) is 0 Å². The number of nitro groups is 1. The van der Waals surface area contributed by atoms with Crippen molar-refractivity contribution in [2.75, 3.05) is 5.32 Å². The number of anilines is 1. The Labute approximate surface area is 158 Å². The Morgan fingerprint density at radius 1 is 0.963 bits per heavy atom. The van der Waals surface area contributed by atoms with E-state index in [1.165, 1.54) is 23.3 Å². The van der Waals surface area contributed by atoms with Gasteiger partial charge in [0.05, 0.1) is 4.92 Å². The van der Waals surface area contributed by atoms with Gasteiger partial charge in [-0.25, -0.2) is 0 Å². The number of ether oxygens (including phenoxy) is 1. The van der Waals surface area contributed by atoms with Crippen LogP contribution in [0.4, 0.5) is 11.4 Å². The molecule has 3 aromatic carbocycles. The molecule has 0 unspecified atom stereocenters. The van der Waals surface area contributed by atoms with Gasteiger partial charge in [0.2, 0.25) is 0 Å². The Morgan fingerprint density at radius 3 is 2.44 bits per heavy atom. The quantitative estimate of drug-likeness (QED) is 0.451. The lowest BCUT2D eigenvalue weighted by Gasteiger charge is -2.12. The summed E-state index contributed by atoms with van der Waals surface area (Å²) in [6.45, 7) is 5.29. The van der Waals surface area contributed by atoms with E-state index in [2.05, 4.69) is 37.4 Å². The van der Waals surface area contributed by atoms with Gasteiger partial charge < -0.3 is 10.1 Å². The van der Waals surface area contributed by atoms with Gasteiger partial charge in [-0.15, -0.1) is 0 Å². The van der Waals surface area contributed by atoms with Gasteiger partial charge in [0.25, 0.3) is 5.69 Å². The lowest BCUT2D eigenvalue weighted by Crippen LogP contribution is -2.02. The Morgan fingerprint density at radius 2 is 1.70 bits per heavy atom. The number of non-ortho nitro benzene ring substituents is 1. The van der Waals surface area contributed by atoms with Crippen molar-refractivity contribution in [3.63, 3.8) is 0 Å². The monoisotopic (exact) mass is 362 g/mol. The molecule has 0 heterocycles. The van der Waals surface area contributed by atoms with E-state index in [0.29, 0.717) is 13.2 Å². The number of aryl methyl sites for hydroxylation is 1. The Bertz CT molecular complexity index is 937. The number of hydrogen-bond acceptors (Lipinski definition) is 4. The highest BCUT2D eigenvalue weighted by molar-refractivity contribution is 5.54. The van der Waals surface area contributed by atoms with Crippen molar-refractivity contribution in [2.45, 2.75) is 27.0 Å². The third-order valence-corrected chi connectivity index (χ3v) is 4.54. The lowest BCUT2D eigenvalue weighted by molar-refractivity contribution is -0.384. The number of nitro benzene ring substituents is 1. The zero-order valence-corrected chi connectivity index (χ0v) is 15.4. The van der Waals surface area contributed by atoms with E-state index in [4.69, 9.17) is 4.74 Å². The summed E-state index contributed by atoms with van der Waals surface area (Å²) in [5.74, 6) is 0.772. The van der Waals surface area contributed by atoms with Crippen LogP contribution in [0.5, 0.6) is 5.75 Å². The van der Waals surface area contributed by atoms with Gasteiger partial charge in [-0.1, -0.05) is 24.3 Å². The third kappa shape index (κ3) is 4.85. The van der Waals surface area contributed by atoms with Crippen LogP contribution in [0.2, 0.25) is 0 Å². The Hall–Kier alpha value is -3.34. The second-order valence-corrected chi connectivity index (χ2v) is 6.46. The molecule has 0 aliphatic heterocycles. The molecule has 27 heavy (non-hydrogen) atoms. The van der Waals surface area contributed by atoms with Crippen LogP contribution in [-0.2, 0) is 13.2 Å². The molecular formula is C22H22N2O3. The summed E-state index contributed by atoms with van der Waals surface area (Å²) >= 11 is 0. The van der Waals surface area contributed by atoms with Gasteiger partial charge in [-0.3, -0.25) is 10.1 Å². The maximum absolute atomic E-state index is 10.7. The molecule has 3 rings (SSSR count). The molecule has 0 atom stereocenters. The molecular weight excluding hydrogens is 340 g/mol. The van der Waals surface area contributed by atoms with E-state index in [1.54, 1.807) is 12.1 Å². The van der Waals surface area contributed by atoms with Crippen LogP contribution in [0, 0.1) is 24.0 Å². The first-order valence-electron chi connectivity index (χ1n) is 8.78. The first kappa shape index (κ1) is 18.5. The van der Waals surface area contributed by atoms with Crippen LogP contribution in [-0.4, -0.2) is 4.92 Å². The molecule has 0 spiro atoms. The topological polar surface area (TPSA) is 64.4 Å². The van der Waals surface area contributed by atoms with Crippen LogP contribution < -0.4 is 10.1 Å².